The predicted molar refractivity (Wildman–Crippen MR) is 119 cm³/mol. The van der Waals surface area contributed by atoms with Crippen LogP contribution in [0.15, 0.2) is 11.1 Å². The van der Waals surface area contributed by atoms with Crippen molar-refractivity contribution in [1.29, 1.82) is 0 Å². The molecule has 0 heterocycles. The highest BCUT2D eigenvalue weighted by Gasteiger charge is 2.36. The predicted octanol–water partition coefficient (Wildman–Crippen LogP) is 5.57. The summed E-state index contributed by atoms with van der Waals surface area (Å²) in [4.78, 5) is 23.6. The van der Waals surface area contributed by atoms with Crippen LogP contribution in [0.4, 0.5) is 0 Å². The smallest absolute Gasteiger partial charge is 0.332 e. The van der Waals surface area contributed by atoms with Crippen molar-refractivity contribution < 1.29 is 19.8 Å². The van der Waals surface area contributed by atoms with Crippen molar-refractivity contribution >= 4 is 108 Å². The first kappa shape index (κ1) is 25.6. The van der Waals surface area contributed by atoms with E-state index in [-0.39, 0.29) is 24.0 Å². The summed E-state index contributed by atoms with van der Waals surface area (Å²) in [5, 5.41) is 22.6. The van der Waals surface area contributed by atoms with Crippen LogP contribution in [0.2, 0.25) is 0 Å². The normalized spacial score (nSPS) is 13.6. The molecule has 0 unspecified atom stereocenters. The maximum atomic E-state index is 11.8. The van der Waals surface area contributed by atoms with Gasteiger partial charge in [0.2, 0.25) is 0 Å². The van der Waals surface area contributed by atoms with E-state index in [1.165, 1.54) is 0 Å². The summed E-state index contributed by atoms with van der Waals surface area (Å²) in [6, 6.07) is 0. The zero-order valence-electron chi connectivity index (χ0n) is 12.6. The molecule has 0 spiro atoms. The summed E-state index contributed by atoms with van der Waals surface area (Å²) in [7, 11) is 0. The molecule has 140 valence electrons. The Kier molecular flexibility index (Phi) is 12.9. The largest absolute Gasteiger partial charge is 0.478 e. The number of rotatable bonds is 12. The molecule has 0 atom stereocenters. The number of alkyl halides is 6. The van der Waals surface area contributed by atoms with E-state index in [1.807, 2.05) is 0 Å². The van der Waals surface area contributed by atoms with Gasteiger partial charge in [0.15, 0.2) is 0 Å². The highest BCUT2D eigenvalue weighted by atomic mass is 79.9. The molecule has 24 heavy (non-hydrogen) atoms. The van der Waals surface area contributed by atoms with Gasteiger partial charge in [0.25, 0.3) is 0 Å². The average Bonchev–Trinajstić information content (AvgIpc) is 2.59. The summed E-state index contributed by atoms with van der Waals surface area (Å²) in [5.41, 5.74) is -0.941. The van der Waals surface area contributed by atoms with Gasteiger partial charge in [-0.2, -0.15) is 0 Å². The second-order valence-corrected chi connectivity index (χ2v) is 9.09. The minimum absolute atomic E-state index is 0.0481. The first-order valence-electron chi connectivity index (χ1n) is 6.74. The quantitative estimate of drug-likeness (QED) is 0.204. The van der Waals surface area contributed by atoms with Crippen molar-refractivity contribution in [2.24, 2.45) is 10.8 Å². The van der Waals surface area contributed by atoms with Gasteiger partial charge in [0, 0.05) is 54.0 Å². The highest BCUT2D eigenvalue weighted by Crippen LogP contribution is 2.38. The van der Waals surface area contributed by atoms with Gasteiger partial charge < -0.3 is 10.2 Å². The number of carboxylic acid groups (broad SMARTS) is 2. The second-order valence-electron chi connectivity index (χ2n) is 5.72. The van der Waals surface area contributed by atoms with Crippen LogP contribution in [0, 0.1) is 10.8 Å². The molecule has 0 radical (unpaired) electrons. The molecule has 0 amide bonds. The lowest BCUT2D eigenvalue weighted by Gasteiger charge is -2.31. The molecule has 0 aromatic heterocycles. The van der Waals surface area contributed by atoms with Gasteiger partial charge in [-0.25, -0.2) is 9.59 Å². The molecule has 0 aromatic carbocycles. The van der Waals surface area contributed by atoms with Crippen molar-refractivity contribution in [1.82, 2.24) is 0 Å². The third-order valence-electron chi connectivity index (χ3n) is 3.68. The van der Waals surface area contributed by atoms with Crippen LogP contribution < -0.4 is 0 Å². The number of aliphatic carboxylic acids is 2. The number of halogens is 6. The standard InChI is InChI=1S/C14H18Br6O4/c15-3-13(4-16,5-17)1-9(11(21)22)10(12(23)24)2-14(6-18,7-19)8-20/h1-8H2,(H,21,22)(H,23,24). The van der Waals surface area contributed by atoms with Gasteiger partial charge >= 0.3 is 11.9 Å². The molecule has 0 aliphatic heterocycles. The zero-order chi connectivity index (χ0) is 19.0. The Labute approximate surface area is 192 Å². The summed E-state index contributed by atoms with van der Waals surface area (Å²) in [6.07, 6.45) is 0.295. The molecule has 10 heteroatoms. The van der Waals surface area contributed by atoms with Crippen LogP contribution in [0.25, 0.3) is 0 Å². The lowest BCUT2D eigenvalue weighted by Crippen LogP contribution is -2.33. The first-order valence-corrected chi connectivity index (χ1v) is 13.5. The molecule has 0 aromatic rings. The summed E-state index contributed by atoms with van der Waals surface area (Å²) >= 11 is 20.5. The Morgan fingerprint density at radius 1 is 0.583 bits per heavy atom. The number of hydrogen-bond acceptors (Lipinski definition) is 2. The Morgan fingerprint density at radius 2 is 0.792 bits per heavy atom. The van der Waals surface area contributed by atoms with Crippen molar-refractivity contribution in [2.75, 3.05) is 32.0 Å². The maximum absolute atomic E-state index is 11.8. The fourth-order valence-corrected chi connectivity index (χ4v) is 8.63. The van der Waals surface area contributed by atoms with Crippen molar-refractivity contribution in [3.63, 3.8) is 0 Å². The fraction of sp³-hybridized carbons (Fsp3) is 0.714. The summed E-state index contributed by atoms with van der Waals surface area (Å²) < 4.78 is 0. The van der Waals surface area contributed by atoms with E-state index in [9.17, 15) is 19.8 Å². The molecule has 0 saturated heterocycles. The van der Waals surface area contributed by atoms with Crippen LogP contribution >= 0.6 is 95.6 Å². The second kappa shape index (κ2) is 12.1. The maximum Gasteiger partial charge on any atom is 0.332 e. The van der Waals surface area contributed by atoms with E-state index in [1.54, 1.807) is 0 Å². The topological polar surface area (TPSA) is 74.6 Å². The highest BCUT2D eigenvalue weighted by molar-refractivity contribution is 9.10. The lowest BCUT2D eigenvalue weighted by atomic mass is 9.81. The lowest BCUT2D eigenvalue weighted by molar-refractivity contribution is -0.136. The molecular formula is C14H18Br6O4. The van der Waals surface area contributed by atoms with E-state index in [0.29, 0.717) is 32.0 Å². The number of carbonyl (C=O) groups is 2. The third kappa shape index (κ3) is 6.94. The number of carboxylic acids is 2. The van der Waals surface area contributed by atoms with E-state index < -0.39 is 22.8 Å². The molecule has 0 fully saturated rings. The van der Waals surface area contributed by atoms with Crippen LogP contribution in [-0.2, 0) is 9.59 Å². The van der Waals surface area contributed by atoms with Crippen molar-refractivity contribution in [3.05, 3.63) is 11.1 Å². The molecule has 4 nitrogen and oxygen atoms in total. The Balaban J connectivity index is 6.10. The average molecular weight is 730 g/mol. The van der Waals surface area contributed by atoms with Crippen LogP contribution in [-0.4, -0.2) is 54.1 Å². The fourth-order valence-electron chi connectivity index (χ4n) is 1.87. The van der Waals surface area contributed by atoms with Crippen molar-refractivity contribution in [2.45, 2.75) is 12.8 Å². The SMILES string of the molecule is O=C(O)C(CC(CBr)(CBr)CBr)=C(CC(CBr)(CBr)CBr)C(=O)O. The Morgan fingerprint density at radius 3 is 0.917 bits per heavy atom. The van der Waals surface area contributed by atoms with Crippen molar-refractivity contribution in [3.8, 4) is 0 Å². The van der Waals surface area contributed by atoms with Gasteiger partial charge in [0.05, 0.1) is 0 Å². The summed E-state index contributed by atoms with van der Waals surface area (Å²) in [5.74, 6) is -2.38. The zero-order valence-corrected chi connectivity index (χ0v) is 22.2. The Bertz CT molecular complexity index is 413. The Hall–Kier alpha value is 1.56. The molecule has 0 rings (SSSR count). The van der Waals surface area contributed by atoms with E-state index in [0.717, 1.165) is 0 Å². The summed E-state index contributed by atoms with van der Waals surface area (Å²) in [6.45, 7) is 0. The molecular weight excluding hydrogens is 712 g/mol. The van der Waals surface area contributed by atoms with E-state index in [4.69, 9.17) is 0 Å². The molecule has 2 N–H and O–H groups in total. The van der Waals surface area contributed by atoms with Gasteiger partial charge in [-0.3, -0.25) is 0 Å². The van der Waals surface area contributed by atoms with Gasteiger partial charge in [-0.1, -0.05) is 95.6 Å². The minimum atomic E-state index is -1.19. The molecule has 0 aliphatic rings. The van der Waals surface area contributed by atoms with E-state index >= 15 is 0 Å². The molecule has 0 bridgehead atoms. The minimum Gasteiger partial charge on any atom is -0.478 e. The molecule has 0 saturated carbocycles. The monoisotopic (exact) mass is 724 g/mol. The number of hydrogen-bond donors (Lipinski definition) is 2. The van der Waals surface area contributed by atoms with Gasteiger partial charge in [-0.15, -0.1) is 0 Å². The van der Waals surface area contributed by atoms with Crippen LogP contribution in [0.1, 0.15) is 12.8 Å². The molecule has 0 aliphatic carbocycles. The van der Waals surface area contributed by atoms with Crippen LogP contribution in [0.5, 0.6) is 0 Å². The first-order chi connectivity index (χ1) is 11.2. The van der Waals surface area contributed by atoms with Gasteiger partial charge in [-0.05, 0) is 12.8 Å². The van der Waals surface area contributed by atoms with E-state index in [2.05, 4.69) is 95.6 Å². The van der Waals surface area contributed by atoms with Crippen LogP contribution in [0.3, 0.4) is 0 Å². The van der Waals surface area contributed by atoms with Gasteiger partial charge in [0.1, 0.15) is 0 Å². The third-order valence-corrected chi connectivity index (χ3v) is 10.8.